The van der Waals surface area contributed by atoms with Crippen molar-refractivity contribution in [1.29, 1.82) is 0 Å². The van der Waals surface area contributed by atoms with Crippen molar-refractivity contribution >= 4 is 23.6 Å². The molecule has 2 atom stereocenters. The second kappa shape index (κ2) is 11.8. The average molecular weight is 446 g/mol. The standard InChI is InChI=1S/C24H39N5OS/c1-4-26-24(29-11-12-31-22(17-29)18(2)3)27-14-19-7-5-8-20(13-19)15-28-10-6-9-21(16-28)23(25)30/h5,7-8,13,18,21-22H,4,6,9-12,14-17H2,1-3H3,(H2,25,30)(H,26,27). The molecule has 1 aromatic carbocycles. The number of benzene rings is 1. The van der Waals surface area contributed by atoms with Crippen LogP contribution in [0.1, 0.15) is 44.7 Å². The summed E-state index contributed by atoms with van der Waals surface area (Å²) in [6.45, 7) is 13.1. The van der Waals surface area contributed by atoms with Crippen LogP contribution in [0.25, 0.3) is 0 Å². The summed E-state index contributed by atoms with van der Waals surface area (Å²) >= 11 is 2.09. The molecule has 2 unspecified atom stereocenters. The van der Waals surface area contributed by atoms with Crippen molar-refractivity contribution < 1.29 is 4.79 Å². The number of nitrogens with two attached hydrogens (primary N) is 1. The van der Waals surface area contributed by atoms with E-state index in [1.165, 1.54) is 11.1 Å². The van der Waals surface area contributed by atoms with Gasteiger partial charge in [-0.15, -0.1) is 0 Å². The van der Waals surface area contributed by atoms with E-state index in [2.05, 4.69) is 71.9 Å². The fraction of sp³-hybridized carbons (Fsp3) is 0.667. The Hall–Kier alpha value is -1.73. The number of primary amides is 1. The van der Waals surface area contributed by atoms with Gasteiger partial charge in [-0.3, -0.25) is 9.69 Å². The molecule has 0 aromatic heterocycles. The predicted molar refractivity (Wildman–Crippen MR) is 131 cm³/mol. The minimum Gasteiger partial charge on any atom is -0.369 e. The van der Waals surface area contributed by atoms with Gasteiger partial charge >= 0.3 is 0 Å². The third-order valence-corrected chi connectivity index (χ3v) is 7.73. The Kier molecular flexibility index (Phi) is 9.08. The van der Waals surface area contributed by atoms with Gasteiger partial charge in [0.25, 0.3) is 0 Å². The maximum atomic E-state index is 11.6. The molecule has 2 aliphatic heterocycles. The highest BCUT2D eigenvalue weighted by atomic mass is 32.2. The van der Waals surface area contributed by atoms with Crippen LogP contribution in [0.4, 0.5) is 0 Å². The quantitative estimate of drug-likeness (QED) is 0.499. The maximum Gasteiger partial charge on any atom is 0.221 e. The van der Waals surface area contributed by atoms with Gasteiger partial charge in [0, 0.05) is 43.7 Å². The van der Waals surface area contributed by atoms with Crippen molar-refractivity contribution in [3.63, 3.8) is 0 Å². The summed E-state index contributed by atoms with van der Waals surface area (Å²) in [6, 6.07) is 8.70. The largest absolute Gasteiger partial charge is 0.369 e. The molecule has 1 amide bonds. The fourth-order valence-corrected chi connectivity index (χ4v) is 5.68. The van der Waals surface area contributed by atoms with E-state index < -0.39 is 0 Å². The van der Waals surface area contributed by atoms with Crippen molar-refractivity contribution in [2.24, 2.45) is 22.6 Å². The number of hydrogen-bond donors (Lipinski definition) is 2. The summed E-state index contributed by atoms with van der Waals surface area (Å²) in [5.41, 5.74) is 8.03. The third kappa shape index (κ3) is 7.14. The Balaban J connectivity index is 1.63. The summed E-state index contributed by atoms with van der Waals surface area (Å²) in [7, 11) is 0. The van der Waals surface area contributed by atoms with Crippen LogP contribution in [0.3, 0.4) is 0 Å². The van der Waals surface area contributed by atoms with E-state index in [0.717, 1.165) is 63.8 Å². The number of nitrogens with one attached hydrogen (secondary N) is 1. The second-order valence-corrected chi connectivity index (χ2v) is 10.4. The van der Waals surface area contributed by atoms with Gasteiger partial charge in [-0.05, 0) is 43.4 Å². The highest BCUT2D eigenvalue weighted by Crippen LogP contribution is 2.25. The van der Waals surface area contributed by atoms with Crippen LogP contribution in [-0.2, 0) is 17.9 Å². The zero-order valence-electron chi connectivity index (χ0n) is 19.3. The first-order chi connectivity index (χ1) is 15.0. The zero-order chi connectivity index (χ0) is 22.2. The second-order valence-electron chi connectivity index (χ2n) is 9.07. The van der Waals surface area contributed by atoms with Crippen molar-refractivity contribution in [3.8, 4) is 0 Å². The third-order valence-electron chi connectivity index (χ3n) is 6.19. The molecular formula is C24H39N5OS. The zero-order valence-corrected chi connectivity index (χ0v) is 20.2. The number of thioether (sulfide) groups is 1. The highest BCUT2D eigenvalue weighted by Gasteiger charge is 2.25. The summed E-state index contributed by atoms with van der Waals surface area (Å²) in [4.78, 5) is 21.3. The summed E-state index contributed by atoms with van der Waals surface area (Å²) in [5.74, 6) is 2.68. The first kappa shape index (κ1) is 23.9. The molecule has 31 heavy (non-hydrogen) atoms. The lowest BCUT2D eigenvalue weighted by Gasteiger charge is -2.36. The molecular weight excluding hydrogens is 406 g/mol. The molecule has 2 heterocycles. The van der Waals surface area contributed by atoms with Crippen LogP contribution in [0, 0.1) is 11.8 Å². The molecule has 0 bridgehead atoms. The number of likely N-dealkylation sites (tertiary alicyclic amines) is 1. The van der Waals surface area contributed by atoms with E-state index in [4.69, 9.17) is 10.7 Å². The molecule has 0 aliphatic carbocycles. The van der Waals surface area contributed by atoms with E-state index in [1.54, 1.807) is 0 Å². The summed E-state index contributed by atoms with van der Waals surface area (Å²) < 4.78 is 0. The number of amides is 1. The Morgan fingerprint density at radius 1 is 1.29 bits per heavy atom. The van der Waals surface area contributed by atoms with Crippen LogP contribution in [0.2, 0.25) is 0 Å². The fourth-order valence-electron chi connectivity index (χ4n) is 4.38. The van der Waals surface area contributed by atoms with Crippen LogP contribution in [0.15, 0.2) is 29.3 Å². The number of guanidine groups is 1. The Morgan fingerprint density at radius 2 is 2.10 bits per heavy atom. The lowest BCUT2D eigenvalue weighted by molar-refractivity contribution is -0.123. The van der Waals surface area contributed by atoms with Crippen LogP contribution in [-0.4, -0.2) is 65.4 Å². The topological polar surface area (TPSA) is 74.0 Å². The SMILES string of the molecule is CCNC(=NCc1cccc(CN2CCCC(C(N)=O)C2)c1)N1CCSC(C(C)C)C1. The lowest BCUT2D eigenvalue weighted by Crippen LogP contribution is -2.49. The lowest BCUT2D eigenvalue weighted by atomic mass is 9.97. The molecule has 1 aromatic rings. The van der Waals surface area contributed by atoms with Crippen LogP contribution in [0.5, 0.6) is 0 Å². The first-order valence-electron chi connectivity index (χ1n) is 11.7. The van der Waals surface area contributed by atoms with E-state index in [1.807, 2.05) is 0 Å². The van der Waals surface area contributed by atoms with Crippen molar-refractivity contribution in [3.05, 3.63) is 35.4 Å². The minimum atomic E-state index is -0.167. The normalized spacial score (nSPS) is 23.2. The van der Waals surface area contributed by atoms with E-state index in [-0.39, 0.29) is 11.8 Å². The van der Waals surface area contributed by atoms with Gasteiger partial charge in [-0.25, -0.2) is 4.99 Å². The molecule has 0 spiro atoms. The predicted octanol–water partition coefficient (Wildman–Crippen LogP) is 2.92. The van der Waals surface area contributed by atoms with E-state index in [9.17, 15) is 4.79 Å². The molecule has 0 radical (unpaired) electrons. The number of hydrogen-bond acceptors (Lipinski definition) is 4. The number of carbonyl (C=O) groups is 1. The molecule has 7 heteroatoms. The monoisotopic (exact) mass is 445 g/mol. The minimum absolute atomic E-state index is 0.0124. The van der Waals surface area contributed by atoms with Crippen LogP contribution < -0.4 is 11.1 Å². The molecule has 3 N–H and O–H groups in total. The van der Waals surface area contributed by atoms with Gasteiger partial charge in [0.05, 0.1) is 12.5 Å². The molecule has 172 valence electrons. The van der Waals surface area contributed by atoms with Crippen molar-refractivity contribution in [2.45, 2.75) is 52.0 Å². The average Bonchev–Trinajstić information content (AvgIpc) is 2.77. The van der Waals surface area contributed by atoms with Gasteiger partial charge in [-0.1, -0.05) is 38.1 Å². The highest BCUT2D eigenvalue weighted by molar-refractivity contribution is 8.00. The van der Waals surface area contributed by atoms with Gasteiger partial charge in [-0.2, -0.15) is 11.8 Å². The van der Waals surface area contributed by atoms with Crippen molar-refractivity contribution in [2.75, 3.05) is 38.5 Å². The van der Waals surface area contributed by atoms with Gasteiger partial charge < -0.3 is 16.0 Å². The van der Waals surface area contributed by atoms with Crippen LogP contribution >= 0.6 is 11.8 Å². The summed E-state index contributed by atoms with van der Waals surface area (Å²) in [5, 5.41) is 4.15. The molecule has 2 aliphatic rings. The van der Waals surface area contributed by atoms with E-state index >= 15 is 0 Å². The van der Waals surface area contributed by atoms with Crippen molar-refractivity contribution in [1.82, 2.24) is 15.1 Å². The number of nitrogens with zero attached hydrogens (tertiary/aromatic N) is 3. The summed E-state index contributed by atoms with van der Waals surface area (Å²) in [6.07, 6.45) is 1.95. The molecule has 2 fully saturated rings. The number of aliphatic imine (C=N–C) groups is 1. The Labute approximate surface area is 192 Å². The van der Waals surface area contributed by atoms with Gasteiger partial charge in [0.1, 0.15) is 0 Å². The molecule has 3 rings (SSSR count). The number of carbonyl (C=O) groups excluding carboxylic acids is 1. The molecule has 2 saturated heterocycles. The van der Waals surface area contributed by atoms with Gasteiger partial charge in [0.15, 0.2) is 5.96 Å². The number of rotatable bonds is 7. The molecule has 6 nitrogen and oxygen atoms in total. The maximum absolute atomic E-state index is 11.6. The smallest absolute Gasteiger partial charge is 0.221 e. The Morgan fingerprint density at radius 3 is 2.84 bits per heavy atom. The number of piperidine rings is 1. The van der Waals surface area contributed by atoms with Gasteiger partial charge in [0.2, 0.25) is 5.91 Å². The Bertz CT molecular complexity index is 753. The first-order valence-corrected chi connectivity index (χ1v) is 12.8. The molecule has 0 saturated carbocycles. The van der Waals surface area contributed by atoms with E-state index in [0.29, 0.717) is 17.7 Å².